The number of hydrazone groups is 1. The number of aromatic nitrogens is 2. The molecule has 0 bridgehead atoms. The van der Waals surface area contributed by atoms with Crippen LogP contribution in [-0.2, 0) is 0 Å². The molecule has 0 saturated heterocycles. The summed E-state index contributed by atoms with van der Waals surface area (Å²) in [6, 6.07) is 7.11. The average molecular weight is 316 g/mol. The van der Waals surface area contributed by atoms with Crippen molar-refractivity contribution < 1.29 is 14.3 Å². The maximum absolute atomic E-state index is 11.8. The molecule has 0 aliphatic heterocycles. The standard InChI is InChI=1S/C16H20N4O3/c1-4-22-14-7-6-12(9-15(14)23-5-2)10-17-20-16(21)13-8-11(3)18-19-13/h6-10H,4-5H2,1-3H3,(H,18,19)(H,20,21)/b17-10+. The molecule has 2 rings (SSSR count). The normalized spacial score (nSPS) is 10.7. The van der Waals surface area contributed by atoms with Crippen LogP contribution in [0.4, 0.5) is 0 Å². The fraction of sp³-hybridized carbons (Fsp3) is 0.312. The van der Waals surface area contributed by atoms with Gasteiger partial charge in [0, 0.05) is 5.69 Å². The van der Waals surface area contributed by atoms with E-state index in [4.69, 9.17) is 9.47 Å². The molecule has 7 heteroatoms. The maximum atomic E-state index is 11.8. The Morgan fingerprint density at radius 1 is 1.26 bits per heavy atom. The minimum atomic E-state index is -0.374. The first-order valence-electron chi connectivity index (χ1n) is 7.39. The second-order valence-electron chi connectivity index (χ2n) is 4.71. The third-order valence-electron chi connectivity index (χ3n) is 2.89. The third kappa shape index (κ3) is 4.57. The van der Waals surface area contributed by atoms with E-state index in [9.17, 15) is 4.79 Å². The number of aryl methyl sites for hydroxylation is 1. The summed E-state index contributed by atoms with van der Waals surface area (Å²) < 4.78 is 11.0. The second kappa shape index (κ2) is 7.98. The fourth-order valence-corrected chi connectivity index (χ4v) is 1.91. The third-order valence-corrected chi connectivity index (χ3v) is 2.89. The summed E-state index contributed by atoms with van der Waals surface area (Å²) in [5.74, 6) is 0.955. The molecular formula is C16H20N4O3. The molecule has 1 amide bonds. The Morgan fingerprint density at radius 3 is 2.65 bits per heavy atom. The predicted octanol–water partition coefficient (Wildman–Crippen LogP) is 2.28. The number of hydrogen-bond donors (Lipinski definition) is 2. The number of nitrogens with one attached hydrogen (secondary N) is 2. The number of aromatic amines is 1. The quantitative estimate of drug-likeness (QED) is 0.606. The monoisotopic (exact) mass is 316 g/mol. The Hall–Kier alpha value is -2.83. The van der Waals surface area contributed by atoms with Gasteiger partial charge in [-0.1, -0.05) is 0 Å². The molecule has 23 heavy (non-hydrogen) atoms. The lowest BCUT2D eigenvalue weighted by Crippen LogP contribution is -2.18. The summed E-state index contributed by atoms with van der Waals surface area (Å²) in [6.45, 7) is 6.74. The van der Waals surface area contributed by atoms with Crippen LogP contribution in [0.1, 0.15) is 35.6 Å². The van der Waals surface area contributed by atoms with Crippen LogP contribution in [0.5, 0.6) is 11.5 Å². The Labute approximate surface area is 134 Å². The van der Waals surface area contributed by atoms with Crippen molar-refractivity contribution in [1.82, 2.24) is 15.6 Å². The molecule has 2 aromatic rings. The van der Waals surface area contributed by atoms with E-state index in [2.05, 4.69) is 20.7 Å². The van der Waals surface area contributed by atoms with Crippen molar-refractivity contribution in [2.24, 2.45) is 5.10 Å². The minimum Gasteiger partial charge on any atom is -0.490 e. The molecule has 7 nitrogen and oxygen atoms in total. The molecule has 0 radical (unpaired) electrons. The number of H-pyrrole nitrogens is 1. The predicted molar refractivity (Wildman–Crippen MR) is 87.2 cm³/mol. The average Bonchev–Trinajstić information content (AvgIpc) is 2.97. The SMILES string of the molecule is CCOc1ccc(/C=N/NC(=O)c2cc(C)[nH]n2)cc1OCC. The topological polar surface area (TPSA) is 88.6 Å². The molecular weight excluding hydrogens is 296 g/mol. The van der Waals surface area contributed by atoms with E-state index in [1.54, 1.807) is 6.07 Å². The van der Waals surface area contributed by atoms with Crippen LogP contribution >= 0.6 is 0 Å². The van der Waals surface area contributed by atoms with Crippen LogP contribution in [-0.4, -0.2) is 35.5 Å². The lowest BCUT2D eigenvalue weighted by Gasteiger charge is -2.11. The van der Waals surface area contributed by atoms with Gasteiger partial charge in [-0.2, -0.15) is 10.2 Å². The first-order chi connectivity index (χ1) is 11.1. The smallest absolute Gasteiger partial charge is 0.291 e. The van der Waals surface area contributed by atoms with E-state index in [1.807, 2.05) is 39.0 Å². The zero-order chi connectivity index (χ0) is 16.7. The summed E-state index contributed by atoms with van der Waals surface area (Å²) in [5, 5.41) is 10.5. The molecule has 2 N–H and O–H groups in total. The molecule has 122 valence electrons. The summed E-state index contributed by atoms with van der Waals surface area (Å²) in [4.78, 5) is 11.8. The lowest BCUT2D eigenvalue weighted by atomic mass is 10.2. The molecule has 1 aromatic carbocycles. The summed E-state index contributed by atoms with van der Waals surface area (Å²) in [6.07, 6.45) is 1.54. The largest absolute Gasteiger partial charge is 0.490 e. The van der Waals surface area contributed by atoms with Gasteiger partial charge in [0.25, 0.3) is 5.91 Å². The molecule has 0 fully saturated rings. The number of benzene rings is 1. The van der Waals surface area contributed by atoms with E-state index < -0.39 is 0 Å². The Kier molecular flexibility index (Phi) is 5.74. The molecule has 0 unspecified atom stereocenters. The van der Waals surface area contributed by atoms with Gasteiger partial charge in [-0.3, -0.25) is 9.89 Å². The van der Waals surface area contributed by atoms with E-state index >= 15 is 0 Å². The van der Waals surface area contributed by atoms with Gasteiger partial charge in [0.15, 0.2) is 17.2 Å². The highest BCUT2D eigenvalue weighted by Crippen LogP contribution is 2.27. The number of carbonyl (C=O) groups is 1. The van der Waals surface area contributed by atoms with E-state index in [0.717, 1.165) is 11.3 Å². The van der Waals surface area contributed by atoms with Crippen LogP contribution in [0.2, 0.25) is 0 Å². The molecule has 1 heterocycles. The molecule has 0 saturated carbocycles. The zero-order valence-electron chi connectivity index (χ0n) is 13.4. The van der Waals surface area contributed by atoms with Gasteiger partial charge < -0.3 is 9.47 Å². The van der Waals surface area contributed by atoms with Gasteiger partial charge in [0.05, 0.1) is 19.4 Å². The molecule has 0 spiro atoms. The van der Waals surface area contributed by atoms with Crippen molar-refractivity contribution in [2.45, 2.75) is 20.8 Å². The van der Waals surface area contributed by atoms with Gasteiger partial charge in [0.2, 0.25) is 0 Å². The van der Waals surface area contributed by atoms with Gasteiger partial charge in [-0.25, -0.2) is 5.43 Å². The number of carbonyl (C=O) groups excluding carboxylic acids is 1. The van der Waals surface area contributed by atoms with Crippen molar-refractivity contribution in [3.05, 3.63) is 41.2 Å². The molecule has 1 aromatic heterocycles. The van der Waals surface area contributed by atoms with Crippen molar-refractivity contribution >= 4 is 12.1 Å². The highest BCUT2D eigenvalue weighted by Gasteiger charge is 2.08. The van der Waals surface area contributed by atoms with Gasteiger partial charge in [-0.15, -0.1) is 0 Å². The van der Waals surface area contributed by atoms with Crippen molar-refractivity contribution in [3.8, 4) is 11.5 Å². The van der Waals surface area contributed by atoms with E-state index in [-0.39, 0.29) is 5.91 Å². The Bertz CT molecular complexity index is 694. The van der Waals surface area contributed by atoms with Gasteiger partial charge in [0.1, 0.15) is 0 Å². The number of amides is 1. The Morgan fingerprint density at radius 2 is 2.00 bits per heavy atom. The molecule has 0 aliphatic rings. The first kappa shape index (κ1) is 16.5. The highest BCUT2D eigenvalue weighted by atomic mass is 16.5. The number of hydrogen-bond acceptors (Lipinski definition) is 5. The highest BCUT2D eigenvalue weighted by molar-refractivity contribution is 5.93. The first-order valence-corrected chi connectivity index (χ1v) is 7.39. The Balaban J connectivity index is 2.04. The number of nitrogens with zero attached hydrogens (tertiary/aromatic N) is 2. The minimum absolute atomic E-state index is 0.293. The fourth-order valence-electron chi connectivity index (χ4n) is 1.91. The lowest BCUT2D eigenvalue weighted by molar-refractivity contribution is 0.0950. The number of rotatable bonds is 7. The van der Waals surface area contributed by atoms with E-state index in [1.165, 1.54) is 6.21 Å². The van der Waals surface area contributed by atoms with Crippen LogP contribution < -0.4 is 14.9 Å². The van der Waals surface area contributed by atoms with Crippen molar-refractivity contribution in [2.75, 3.05) is 13.2 Å². The van der Waals surface area contributed by atoms with Crippen LogP contribution in [0.3, 0.4) is 0 Å². The molecule has 0 atom stereocenters. The summed E-state index contributed by atoms with van der Waals surface area (Å²) in [5.41, 5.74) is 4.32. The van der Waals surface area contributed by atoms with Crippen molar-refractivity contribution in [1.29, 1.82) is 0 Å². The maximum Gasteiger partial charge on any atom is 0.291 e. The van der Waals surface area contributed by atoms with Gasteiger partial charge in [-0.05, 0) is 50.6 Å². The second-order valence-corrected chi connectivity index (χ2v) is 4.71. The van der Waals surface area contributed by atoms with Crippen molar-refractivity contribution in [3.63, 3.8) is 0 Å². The molecule has 0 aliphatic carbocycles. The van der Waals surface area contributed by atoms with Crippen LogP contribution in [0, 0.1) is 6.92 Å². The summed E-state index contributed by atoms with van der Waals surface area (Å²) >= 11 is 0. The summed E-state index contributed by atoms with van der Waals surface area (Å²) in [7, 11) is 0. The van der Waals surface area contributed by atoms with Gasteiger partial charge >= 0.3 is 0 Å². The van der Waals surface area contributed by atoms with Crippen LogP contribution in [0.15, 0.2) is 29.4 Å². The zero-order valence-corrected chi connectivity index (χ0v) is 13.4. The number of ether oxygens (including phenoxy) is 2. The van der Waals surface area contributed by atoms with E-state index in [0.29, 0.717) is 30.4 Å². The van der Waals surface area contributed by atoms with Crippen LogP contribution in [0.25, 0.3) is 0 Å².